The van der Waals surface area contributed by atoms with E-state index in [2.05, 4.69) is 5.32 Å². The Morgan fingerprint density at radius 1 is 1.32 bits per heavy atom. The van der Waals surface area contributed by atoms with Crippen LogP contribution < -0.4 is 5.32 Å². The van der Waals surface area contributed by atoms with Gasteiger partial charge in [-0.25, -0.2) is 0 Å². The highest BCUT2D eigenvalue weighted by Crippen LogP contribution is 2.22. The fourth-order valence-corrected chi connectivity index (χ4v) is 2.86. The number of halogens is 2. The van der Waals surface area contributed by atoms with Gasteiger partial charge in [-0.05, 0) is 31.0 Å². The summed E-state index contributed by atoms with van der Waals surface area (Å²) in [6.45, 7) is 2.56. The number of nitrogens with one attached hydrogen (secondary N) is 1. The lowest BCUT2D eigenvalue weighted by molar-refractivity contribution is -0.134. The SMILES string of the molecule is CC(=O)N(CC(=O)Nc1cc(Cl)cc(Cl)c1)CC1CCCO1. The second kappa shape index (κ2) is 7.81. The maximum Gasteiger partial charge on any atom is 0.243 e. The molecule has 0 saturated carbocycles. The topological polar surface area (TPSA) is 58.6 Å². The van der Waals surface area contributed by atoms with Crippen molar-refractivity contribution in [3.8, 4) is 0 Å². The maximum atomic E-state index is 12.1. The van der Waals surface area contributed by atoms with Gasteiger partial charge < -0.3 is 15.0 Å². The third-order valence-electron chi connectivity index (χ3n) is 3.37. The number of hydrogen-bond acceptors (Lipinski definition) is 3. The van der Waals surface area contributed by atoms with Crippen molar-refractivity contribution in [3.05, 3.63) is 28.2 Å². The van der Waals surface area contributed by atoms with Gasteiger partial charge >= 0.3 is 0 Å². The minimum Gasteiger partial charge on any atom is -0.376 e. The van der Waals surface area contributed by atoms with Gasteiger partial charge in [0.05, 0.1) is 12.6 Å². The van der Waals surface area contributed by atoms with E-state index in [1.165, 1.54) is 11.8 Å². The van der Waals surface area contributed by atoms with E-state index in [-0.39, 0.29) is 24.5 Å². The molecule has 7 heteroatoms. The van der Waals surface area contributed by atoms with E-state index in [0.29, 0.717) is 28.9 Å². The van der Waals surface area contributed by atoms with Crippen LogP contribution in [0.25, 0.3) is 0 Å². The van der Waals surface area contributed by atoms with Gasteiger partial charge in [-0.15, -0.1) is 0 Å². The number of carbonyl (C=O) groups is 2. The van der Waals surface area contributed by atoms with Crippen molar-refractivity contribution in [1.29, 1.82) is 0 Å². The molecule has 1 saturated heterocycles. The first-order valence-corrected chi connectivity index (χ1v) is 7.82. The number of amides is 2. The summed E-state index contributed by atoms with van der Waals surface area (Å²) < 4.78 is 5.50. The van der Waals surface area contributed by atoms with Crippen LogP contribution in [0.3, 0.4) is 0 Å². The van der Waals surface area contributed by atoms with E-state index < -0.39 is 0 Å². The lowest BCUT2D eigenvalue weighted by atomic mass is 10.2. The van der Waals surface area contributed by atoms with Crippen LogP contribution in [-0.2, 0) is 14.3 Å². The molecular formula is C15H18Cl2N2O3. The van der Waals surface area contributed by atoms with Crippen molar-refractivity contribution < 1.29 is 14.3 Å². The predicted octanol–water partition coefficient (Wildman–Crippen LogP) is 2.96. The summed E-state index contributed by atoms with van der Waals surface area (Å²) in [7, 11) is 0. The zero-order chi connectivity index (χ0) is 16.1. The van der Waals surface area contributed by atoms with Crippen molar-refractivity contribution in [2.75, 3.05) is 25.0 Å². The lowest BCUT2D eigenvalue weighted by Gasteiger charge is -2.23. The van der Waals surface area contributed by atoms with Crippen molar-refractivity contribution in [1.82, 2.24) is 4.90 Å². The van der Waals surface area contributed by atoms with Gasteiger partial charge in [-0.1, -0.05) is 23.2 Å². The molecule has 22 heavy (non-hydrogen) atoms. The van der Waals surface area contributed by atoms with Crippen LogP contribution in [0.1, 0.15) is 19.8 Å². The van der Waals surface area contributed by atoms with Gasteiger partial charge in [0.15, 0.2) is 0 Å². The molecule has 1 fully saturated rings. The fourth-order valence-electron chi connectivity index (χ4n) is 2.34. The minimum absolute atomic E-state index is 0.0114. The number of anilines is 1. The standard InChI is InChI=1S/C15H18Cl2N2O3/c1-10(20)19(8-14-3-2-4-22-14)9-15(21)18-13-6-11(16)5-12(17)7-13/h5-7,14H,2-4,8-9H2,1H3,(H,18,21). The summed E-state index contributed by atoms with van der Waals surface area (Å²) in [5, 5.41) is 3.56. The molecule has 1 aliphatic heterocycles. The first kappa shape index (κ1) is 17.1. The molecule has 2 rings (SSSR count). The van der Waals surface area contributed by atoms with Crippen LogP contribution in [-0.4, -0.2) is 42.5 Å². The molecule has 2 amide bonds. The summed E-state index contributed by atoms with van der Waals surface area (Å²) in [5.41, 5.74) is 0.503. The van der Waals surface area contributed by atoms with Crippen molar-refractivity contribution in [3.63, 3.8) is 0 Å². The van der Waals surface area contributed by atoms with Crippen LogP contribution in [0.5, 0.6) is 0 Å². The number of nitrogens with zero attached hydrogens (tertiary/aromatic N) is 1. The Kier molecular flexibility index (Phi) is 6.06. The number of hydrogen-bond donors (Lipinski definition) is 1. The van der Waals surface area contributed by atoms with Gasteiger partial charge in [0.25, 0.3) is 0 Å². The Bertz CT molecular complexity index is 539. The van der Waals surface area contributed by atoms with E-state index >= 15 is 0 Å². The molecule has 0 aliphatic carbocycles. The monoisotopic (exact) mass is 344 g/mol. The fraction of sp³-hybridized carbons (Fsp3) is 0.467. The average molecular weight is 345 g/mol. The molecule has 1 aromatic rings. The van der Waals surface area contributed by atoms with E-state index in [9.17, 15) is 9.59 Å². The average Bonchev–Trinajstić information content (AvgIpc) is 2.89. The van der Waals surface area contributed by atoms with Crippen LogP contribution >= 0.6 is 23.2 Å². The van der Waals surface area contributed by atoms with E-state index in [4.69, 9.17) is 27.9 Å². The normalized spacial score (nSPS) is 17.3. The lowest BCUT2D eigenvalue weighted by Crippen LogP contribution is -2.41. The van der Waals surface area contributed by atoms with Gasteiger partial charge in [-0.3, -0.25) is 9.59 Å². The smallest absolute Gasteiger partial charge is 0.243 e. The molecule has 1 heterocycles. The molecule has 0 aromatic heterocycles. The third kappa shape index (κ3) is 5.16. The maximum absolute atomic E-state index is 12.1. The van der Waals surface area contributed by atoms with Crippen LogP contribution in [0.2, 0.25) is 10.0 Å². The summed E-state index contributed by atoms with van der Waals surface area (Å²) in [4.78, 5) is 25.3. The highest BCUT2D eigenvalue weighted by atomic mass is 35.5. The summed E-state index contributed by atoms with van der Waals surface area (Å²) in [5.74, 6) is -0.457. The van der Waals surface area contributed by atoms with Gasteiger partial charge in [0.1, 0.15) is 0 Å². The second-order valence-corrected chi connectivity index (χ2v) is 6.11. The quantitative estimate of drug-likeness (QED) is 0.893. The van der Waals surface area contributed by atoms with Crippen molar-refractivity contribution in [2.45, 2.75) is 25.9 Å². The molecule has 1 aromatic carbocycles. The highest BCUT2D eigenvalue weighted by molar-refractivity contribution is 6.35. The van der Waals surface area contributed by atoms with E-state index in [1.807, 2.05) is 0 Å². The van der Waals surface area contributed by atoms with E-state index in [0.717, 1.165) is 12.8 Å². The number of carbonyl (C=O) groups excluding carboxylic acids is 2. The van der Waals surface area contributed by atoms with Crippen LogP contribution in [0, 0.1) is 0 Å². The number of benzene rings is 1. The molecule has 0 spiro atoms. The Balaban J connectivity index is 1.93. The highest BCUT2D eigenvalue weighted by Gasteiger charge is 2.22. The van der Waals surface area contributed by atoms with E-state index in [1.54, 1.807) is 18.2 Å². The van der Waals surface area contributed by atoms with Crippen molar-refractivity contribution in [2.24, 2.45) is 0 Å². The molecule has 1 unspecified atom stereocenters. The van der Waals surface area contributed by atoms with Gasteiger partial charge in [0, 0.05) is 35.8 Å². The molecule has 1 aliphatic rings. The summed E-state index contributed by atoms with van der Waals surface area (Å²) in [6, 6.07) is 4.78. The van der Waals surface area contributed by atoms with Gasteiger partial charge in [-0.2, -0.15) is 0 Å². The summed E-state index contributed by atoms with van der Waals surface area (Å²) >= 11 is 11.8. The van der Waals surface area contributed by atoms with Crippen LogP contribution in [0.4, 0.5) is 5.69 Å². The minimum atomic E-state index is -0.300. The Morgan fingerprint density at radius 2 is 2.00 bits per heavy atom. The molecular weight excluding hydrogens is 327 g/mol. The molecule has 0 bridgehead atoms. The number of ether oxygens (including phenoxy) is 1. The number of rotatable bonds is 5. The zero-order valence-corrected chi connectivity index (χ0v) is 13.8. The predicted molar refractivity (Wildman–Crippen MR) is 86.3 cm³/mol. The largest absolute Gasteiger partial charge is 0.376 e. The zero-order valence-electron chi connectivity index (χ0n) is 12.3. The molecule has 1 N–H and O–H groups in total. The Labute approximate surface area is 139 Å². The van der Waals surface area contributed by atoms with Gasteiger partial charge in [0.2, 0.25) is 11.8 Å². The molecule has 0 radical (unpaired) electrons. The summed E-state index contributed by atoms with van der Waals surface area (Å²) in [6.07, 6.45) is 1.91. The van der Waals surface area contributed by atoms with Crippen molar-refractivity contribution >= 4 is 40.7 Å². The second-order valence-electron chi connectivity index (χ2n) is 5.24. The first-order valence-electron chi connectivity index (χ1n) is 7.07. The first-order chi connectivity index (χ1) is 10.4. The Hall–Kier alpha value is -1.30. The Morgan fingerprint density at radius 3 is 2.55 bits per heavy atom. The molecule has 5 nitrogen and oxygen atoms in total. The third-order valence-corrected chi connectivity index (χ3v) is 3.81. The van der Waals surface area contributed by atoms with Crippen LogP contribution in [0.15, 0.2) is 18.2 Å². The molecule has 1 atom stereocenters. The molecule has 120 valence electrons.